The molecule has 1 saturated carbocycles. The van der Waals surface area contributed by atoms with E-state index in [9.17, 15) is 14.8 Å². The number of alkyl halides is 1. The average Bonchev–Trinajstić information content (AvgIpc) is 3.79. The molecule has 7 rings (SSSR count). The van der Waals surface area contributed by atoms with Gasteiger partial charge in [-0.3, -0.25) is 4.98 Å². The van der Waals surface area contributed by atoms with Crippen molar-refractivity contribution in [3.8, 4) is 34.4 Å². The molecule has 4 aromatic rings. The lowest BCUT2D eigenvalue weighted by molar-refractivity contribution is 0.0901. The van der Waals surface area contributed by atoms with Crippen LogP contribution < -0.4 is 19.5 Å². The molecular weight excluding hydrogens is 691 g/mol. The SMILES string of the molecule is Cc1c(OCCCN2CC[C@@H](F)C2)cccc1-c1cccc2c1CC[C@@H]2Oc1cc(OCc2cncc(C#N)c2)c(CN[C@@H]2CCCC[C@@H]2O)cc1Cl. The lowest BCUT2D eigenvalue weighted by Crippen LogP contribution is -2.41. The fourth-order valence-electron chi connectivity index (χ4n) is 7.98. The quantitative estimate of drug-likeness (QED) is 0.124. The van der Waals surface area contributed by atoms with Crippen LogP contribution in [-0.4, -0.2) is 59.5 Å². The smallest absolute Gasteiger partial charge is 0.142 e. The molecule has 8 nitrogen and oxygen atoms in total. The van der Waals surface area contributed by atoms with Crippen molar-refractivity contribution in [1.29, 1.82) is 5.26 Å². The summed E-state index contributed by atoms with van der Waals surface area (Å²) >= 11 is 6.94. The molecule has 0 unspecified atom stereocenters. The zero-order valence-corrected chi connectivity index (χ0v) is 31.1. The minimum Gasteiger partial charge on any atom is -0.493 e. The summed E-state index contributed by atoms with van der Waals surface area (Å²) in [6, 6.07) is 20.3. The van der Waals surface area contributed by atoms with E-state index in [-0.39, 0.29) is 24.9 Å². The summed E-state index contributed by atoms with van der Waals surface area (Å²) in [6.07, 6.45) is 8.94. The molecule has 278 valence electrons. The number of rotatable bonds is 14. The van der Waals surface area contributed by atoms with Gasteiger partial charge in [-0.05, 0) is 91.5 Å². The molecule has 3 aliphatic rings. The van der Waals surface area contributed by atoms with Gasteiger partial charge in [0.25, 0.3) is 0 Å². The second-order valence-electron chi connectivity index (χ2n) is 14.5. The largest absolute Gasteiger partial charge is 0.493 e. The molecule has 53 heavy (non-hydrogen) atoms. The topological polar surface area (TPSA) is 99.9 Å². The Morgan fingerprint density at radius 1 is 1.00 bits per heavy atom. The lowest BCUT2D eigenvalue weighted by Gasteiger charge is -2.29. The van der Waals surface area contributed by atoms with E-state index in [4.69, 9.17) is 25.8 Å². The molecule has 0 radical (unpaired) electrons. The number of nitrogens with zero attached hydrogens (tertiary/aromatic N) is 3. The highest BCUT2D eigenvalue weighted by molar-refractivity contribution is 6.32. The van der Waals surface area contributed by atoms with E-state index in [2.05, 4.69) is 52.5 Å². The van der Waals surface area contributed by atoms with Crippen molar-refractivity contribution in [3.05, 3.63) is 105 Å². The summed E-state index contributed by atoms with van der Waals surface area (Å²) in [6.45, 7) is 5.61. The average molecular weight is 739 g/mol. The van der Waals surface area contributed by atoms with Crippen molar-refractivity contribution < 1.29 is 23.7 Å². The van der Waals surface area contributed by atoms with E-state index < -0.39 is 6.17 Å². The standard InChI is InChI=1S/C43H48ClFN4O4/c1-28-33(7-5-12-40(28)51-18-6-16-49-17-15-32(45)26-49)34-8-4-9-36-35(34)13-14-41(36)53-43-21-42(52-27-30-19-29(22-46)23-47-24-30)31(20-37(43)44)25-48-38-10-2-3-11-39(38)50/h4-5,7-9,12,19-21,23-24,32,38-39,41,48,50H,2-3,6,10-11,13-18,25-27H2,1H3/t32-,38-,39+,41+/m1/s1. The maximum absolute atomic E-state index is 13.6. The van der Waals surface area contributed by atoms with Crippen molar-refractivity contribution in [2.24, 2.45) is 0 Å². The summed E-state index contributed by atoms with van der Waals surface area (Å²) in [5.41, 5.74) is 7.93. The Kier molecular flexibility index (Phi) is 12.1. The third-order valence-electron chi connectivity index (χ3n) is 10.9. The van der Waals surface area contributed by atoms with Gasteiger partial charge in [0.1, 0.15) is 42.2 Å². The Labute approximate surface area is 316 Å². The molecule has 4 atom stereocenters. The van der Waals surface area contributed by atoms with Crippen LogP contribution in [0.1, 0.15) is 84.4 Å². The zero-order valence-electron chi connectivity index (χ0n) is 30.3. The van der Waals surface area contributed by atoms with Crippen LogP contribution in [0.5, 0.6) is 17.2 Å². The van der Waals surface area contributed by atoms with Crippen LogP contribution in [0.15, 0.2) is 67.0 Å². The van der Waals surface area contributed by atoms with Gasteiger partial charge in [0.15, 0.2) is 0 Å². The normalized spacial score (nSPS) is 21.3. The first-order valence-corrected chi connectivity index (χ1v) is 19.3. The maximum atomic E-state index is 13.6. The number of benzene rings is 3. The highest BCUT2D eigenvalue weighted by Crippen LogP contribution is 2.44. The molecule has 1 saturated heterocycles. The Hall–Kier alpha value is -4.20. The second-order valence-corrected chi connectivity index (χ2v) is 15.0. The molecule has 2 aliphatic carbocycles. The van der Waals surface area contributed by atoms with Crippen LogP contribution in [0.25, 0.3) is 11.1 Å². The Balaban J connectivity index is 1.08. The molecule has 0 bridgehead atoms. The molecule has 2 N–H and O–H groups in total. The molecule has 2 fully saturated rings. The molecule has 10 heteroatoms. The van der Waals surface area contributed by atoms with Gasteiger partial charge < -0.3 is 29.5 Å². The number of aliphatic hydroxyl groups is 1. The van der Waals surface area contributed by atoms with E-state index in [1.54, 1.807) is 12.3 Å². The Bertz CT molecular complexity index is 1940. The van der Waals surface area contributed by atoms with Gasteiger partial charge in [0.2, 0.25) is 0 Å². The second kappa shape index (κ2) is 17.3. The fraction of sp³-hybridized carbons (Fsp3) is 0.442. The van der Waals surface area contributed by atoms with Crippen molar-refractivity contribution >= 4 is 11.6 Å². The maximum Gasteiger partial charge on any atom is 0.142 e. The zero-order chi connectivity index (χ0) is 36.7. The third-order valence-corrected chi connectivity index (χ3v) is 11.2. The highest BCUT2D eigenvalue weighted by atomic mass is 35.5. The molecule has 3 aromatic carbocycles. The molecular formula is C43H48ClFN4O4. The van der Waals surface area contributed by atoms with E-state index in [0.29, 0.717) is 48.2 Å². The molecule has 0 spiro atoms. The number of nitriles is 1. The van der Waals surface area contributed by atoms with Gasteiger partial charge in [-0.2, -0.15) is 5.26 Å². The number of pyridine rings is 1. The van der Waals surface area contributed by atoms with Gasteiger partial charge in [-0.15, -0.1) is 0 Å². The van der Waals surface area contributed by atoms with Gasteiger partial charge in [-0.25, -0.2) is 4.39 Å². The predicted octanol–water partition coefficient (Wildman–Crippen LogP) is 8.43. The van der Waals surface area contributed by atoms with E-state index >= 15 is 0 Å². The molecule has 1 aromatic heterocycles. The summed E-state index contributed by atoms with van der Waals surface area (Å²) in [4.78, 5) is 6.36. The van der Waals surface area contributed by atoms with Crippen LogP contribution in [-0.2, 0) is 19.6 Å². The predicted molar refractivity (Wildman–Crippen MR) is 204 cm³/mol. The van der Waals surface area contributed by atoms with Crippen LogP contribution in [0, 0.1) is 18.3 Å². The molecule has 2 heterocycles. The first kappa shape index (κ1) is 37.1. The van der Waals surface area contributed by atoms with Gasteiger partial charge >= 0.3 is 0 Å². The van der Waals surface area contributed by atoms with E-state index in [0.717, 1.165) is 91.6 Å². The van der Waals surface area contributed by atoms with Crippen LogP contribution in [0.2, 0.25) is 5.02 Å². The van der Waals surface area contributed by atoms with Crippen molar-refractivity contribution in [3.63, 3.8) is 0 Å². The van der Waals surface area contributed by atoms with Crippen molar-refractivity contribution in [2.45, 2.75) is 95.9 Å². The number of aromatic nitrogens is 1. The fourth-order valence-corrected chi connectivity index (χ4v) is 8.21. The van der Waals surface area contributed by atoms with E-state index in [1.165, 1.54) is 17.3 Å². The first-order valence-electron chi connectivity index (χ1n) is 18.9. The Morgan fingerprint density at radius 3 is 2.68 bits per heavy atom. The van der Waals surface area contributed by atoms with Gasteiger partial charge in [0.05, 0.1) is 23.3 Å². The minimum absolute atomic E-state index is 0.00873. The number of likely N-dealkylation sites (tertiary alicyclic amines) is 1. The number of halogens is 2. The Morgan fingerprint density at radius 2 is 1.85 bits per heavy atom. The number of fused-ring (bicyclic) bond motifs is 1. The first-order chi connectivity index (χ1) is 25.9. The number of aliphatic hydroxyl groups excluding tert-OH is 1. The lowest BCUT2D eigenvalue weighted by atomic mass is 9.92. The summed E-state index contributed by atoms with van der Waals surface area (Å²) in [5.74, 6) is 2.03. The number of hydrogen-bond acceptors (Lipinski definition) is 8. The van der Waals surface area contributed by atoms with Gasteiger partial charge in [0, 0.05) is 61.8 Å². The summed E-state index contributed by atoms with van der Waals surface area (Å²) in [7, 11) is 0. The van der Waals surface area contributed by atoms with Crippen LogP contribution in [0.4, 0.5) is 4.39 Å². The summed E-state index contributed by atoms with van der Waals surface area (Å²) in [5, 5.41) is 23.9. The minimum atomic E-state index is -0.699. The molecule has 1 aliphatic heterocycles. The third kappa shape index (κ3) is 8.96. The number of nitrogens with one attached hydrogen (secondary N) is 1. The van der Waals surface area contributed by atoms with Crippen LogP contribution >= 0.6 is 11.6 Å². The monoisotopic (exact) mass is 738 g/mol. The molecule has 0 amide bonds. The van der Waals surface area contributed by atoms with E-state index in [1.807, 2.05) is 24.3 Å². The number of ether oxygens (including phenoxy) is 3. The van der Waals surface area contributed by atoms with Crippen molar-refractivity contribution in [1.82, 2.24) is 15.2 Å². The van der Waals surface area contributed by atoms with Gasteiger partial charge in [-0.1, -0.05) is 54.8 Å². The van der Waals surface area contributed by atoms with Crippen LogP contribution in [0.3, 0.4) is 0 Å². The number of hydrogen-bond donors (Lipinski definition) is 2. The summed E-state index contributed by atoms with van der Waals surface area (Å²) < 4.78 is 32.9. The highest BCUT2D eigenvalue weighted by Gasteiger charge is 2.29. The van der Waals surface area contributed by atoms with Crippen molar-refractivity contribution in [2.75, 3.05) is 26.2 Å².